The van der Waals surface area contributed by atoms with Crippen LogP contribution in [-0.4, -0.2) is 37.9 Å². The van der Waals surface area contributed by atoms with Gasteiger partial charge in [-0.2, -0.15) is 5.10 Å². The van der Waals surface area contributed by atoms with Crippen molar-refractivity contribution in [2.75, 3.05) is 27.2 Å². The molecule has 0 aromatic heterocycles. The highest BCUT2D eigenvalue weighted by Gasteiger charge is 2.35. The molecule has 0 spiro atoms. The molecule has 0 aliphatic carbocycles. The summed E-state index contributed by atoms with van der Waals surface area (Å²) < 4.78 is 5.30. The van der Waals surface area contributed by atoms with Gasteiger partial charge in [0.05, 0.1) is 13.2 Å². The molecule has 1 aromatic rings. The molecule has 1 aromatic carbocycles. The summed E-state index contributed by atoms with van der Waals surface area (Å²) >= 11 is 0. The van der Waals surface area contributed by atoms with Gasteiger partial charge in [-0.05, 0) is 24.7 Å². The van der Waals surface area contributed by atoms with Crippen molar-refractivity contribution in [1.29, 1.82) is 0 Å². The van der Waals surface area contributed by atoms with Gasteiger partial charge in [-0.15, -0.1) is 0 Å². The predicted octanol–water partition coefficient (Wildman–Crippen LogP) is 1.65. The van der Waals surface area contributed by atoms with Crippen molar-refractivity contribution in [3.8, 4) is 5.75 Å². The summed E-state index contributed by atoms with van der Waals surface area (Å²) in [5, 5.41) is 4.50. The van der Waals surface area contributed by atoms with Crippen molar-refractivity contribution >= 4 is 5.71 Å². The second-order valence-corrected chi connectivity index (χ2v) is 5.11. The molecule has 0 amide bonds. The summed E-state index contributed by atoms with van der Waals surface area (Å²) in [5.74, 6) is 1.41. The molecular formula is C14H19N3O. The van der Waals surface area contributed by atoms with Crippen molar-refractivity contribution in [3.05, 3.63) is 29.8 Å². The van der Waals surface area contributed by atoms with Gasteiger partial charge in [0.15, 0.2) is 0 Å². The van der Waals surface area contributed by atoms with E-state index in [-0.39, 0.29) is 6.04 Å². The summed E-state index contributed by atoms with van der Waals surface area (Å²) in [6.07, 6.45) is 1.08. The number of benzene rings is 1. The summed E-state index contributed by atoms with van der Waals surface area (Å²) in [5.41, 5.74) is 5.87. The molecule has 1 saturated heterocycles. The van der Waals surface area contributed by atoms with Crippen LogP contribution in [0, 0.1) is 5.92 Å². The minimum atomic E-state index is 0.290. The molecule has 2 aliphatic rings. The second kappa shape index (κ2) is 4.61. The lowest BCUT2D eigenvalue weighted by molar-refractivity contribution is 0.272. The summed E-state index contributed by atoms with van der Waals surface area (Å²) in [4.78, 5) is 2.38. The fourth-order valence-corrected chi connectivity index (χ4v) is 2.84. The van der Waals surface area contributed by atoms with Crippen molar-refractivity contribution < 1.29 is 4.74 Å². The number of fused-ring (bicyclic) bond motifs is 1. The fourth-order valence-electron chi connectivity index (χ4n) is 2.84. The maximum absolute atomic E-state index is 5.30. The molecule has 4 nitrogen and oxygen atoms in total. The normalized spacial score (nSPS) is 27.3. The van der Waals surface area contributed by atoms with Gasteiger partial charge in [0.25, 0.3) is 0 Å². The first-order valence-electron chi connectivity index (χ1n) is 6.42. The van der Waals surface area contributed by atoms with Crippen LogP contribution in [0.1, 0.15) is 18.0 Å². The molecule has 1 fully saturated rings. The Morgan fingerprint density at radius 3 is 3.17 bits per heavy atom. The van der Waals surface area contributed by atoms with Crippen LogP contribution >= 0.6 is 0 Å². The lowest BCUT2D eigenvalue weighted by Crippen LogP contribution is -2.39. The highest BCUT2D eigenvalue weighted by Crippen LogP contribution is 2.33. The predicted molar refractivity (Wildman–Crippen MR) is 71.9 cm³/mol. The molecule has 2 aliphatic heterocycles. The smallest absolute Gasteiger partial charge is 0.119 e. The fraction of sp³-hybridized carbons (Fsp3) is 0.500. The van der Waals surface area contributed by atoms with Crippen LogP contribution in [0.25, 0.3) is 0 Å². The third-order valence-corrected chi connectivity index (χ3v) is 3.89. The molecule has 0 bridgehead atoms. The van der Waals surface area contributed by atoms with Crippen molar-refractivity contribution in [1.82, 2.24) is 10.3 Å². The van der Waals surface area contributed by atoms with Crippen LogP contribution in [-0.2, 0) is 0 Å². The van der Waals surface area contributed by atoms with Crippen molar-refractivity contribution in [2.24, 2.45) is 11.0 Å². The Hall–Kier alpha value is -1.55. The van der Waals surface area contributed by atoms with Crippen LogP contribution in [0.2, 0.25) is 0 Å². The molecule has 0 saturated carbocycles. The molecule has 2 unspecified atom stereocenters. The zero-order valence-corrected chi connectivity index (χ0v) is 10.9. The Kier molecular flexibility index (Phi) is 2.96. The van der Waals surface area contributed by atoms with E-state index < -0.39 is 0 Å². The number of piperidine rings is 1. The Labute approximate surface area is 108 Å². The van der Waals surface area contributed by atoms with E-state index in [0.717, 1.165) is 25.3 Å². The monoisotopic (exact) mass is 245 g/mol. The number of likely N-dealkylation sites (tertiary alicyclic amines) is 1. The number of ether oxygens (including phenoxy) is 1. The minimum Gasteiger partial charge on any atom is -0.497 e. The average Bonchev–Trinajstić information content (AvgIpc) is 2.81. The largest absolute Gasteiger partial charge is 0.497 e. The maximum Gasteiger partial charge on any atom is 0.119 e. The minimum absolute atomic E-state index is 0.290. The second-order valence-electron chi connectivity index (χ2n) is 5.11. The SMILES string of the molecule is COc1cccc(C2NN=C3CCN(C)CC32)c1. The number of methoxy groups -OCH3 is 1. The summed E-state index contributed by atoms with van der Waals surface area (Å²) in [6, 6.07) is 8.56. The molecule has 3 rings (SSSR count). The maximum atomic E-state index is 5.30. The average molecular weight is 245 g/mol. The number of hydrazone groups is 1. The Morgan fingerprint density at radius 1 is 1.44 bits per heavy atom. The van der Waals surface area contributed by atoms with E-state index in [1.165, 1.54) is 11.3 Å². The van der Waals surface area contributed by atoms with Crippen molar-refractivity contribution in [3.63, 3.8) is 0 Å². The lowest BCUT2D eigenvalue weighted by Gasteiger charge is -2.31. The topological polar surface area (TPSA) is 36.9 Å². The van der Waals surface area contributed by atoms with E-state index in [4.69, 9.17) is 4.74 Å². The third-order valence-electron chi connectivity index (χ3n) is 3.89. The number of hydrogen-bond donors (Lipinski definition) is 1. The van der Waals surface area contributed by atoms with E-state index in [1.807, 2.05) is 12.1 Å². The van der Waals surface area contributed by atoms with Gasteiger partial charge in [0, 0.05) is 31.1 Å². The number of nitrogens with one attached hydrogen (secondary N) is 1. The molecule has 18 heavy (non-hydrogen) atoms. The van der Waals surface area contributed by atoms with Gasteiger partial charge in [-0.25, -0.2) is 0 Å². The Bertz CT molecular complexity index is 472. The van der Waals surface area contributed by atoms with Crippen LogP contribution < -0.4 is 10.2 Å². The lowest BCUT2D eigenvalue weighted by atomic mass is 9.86. The van der Waals surface area contributed by atoms with Crippen LogP contribution in [0.15, 0.2) is 29.4 Å². The quantitative estimate of drug-likeness (QED) is 0.860. The highest BCUT2D eigenvalue weighted by atomic mass is 16.5. The van der Waals surface area contributed by atoms with Crippen molar-refractivity contribution in [2.45, 2.75) is 12.5 Å². The third kappa shape index (κ3) is 1.97. The number of nitrogens with zero attached hydrogens (tertiary/aromatic N) is 2. The van der Waals surface area contributed by atoms with Crippen LogP contribution in [0.3, 0.4) is 0 Å². The summed E-state index contributed by atoms with van der Waals surface area (Å²) in [7, 11) is 3.88. The Balaban J connectivity index is 1.84. The van der Waals surface area contributed by atoms with E-state index in [1.54, 1.807) is 7.11 Å². The zero-order chi connectivity index (χ0) is 12.5. The number of rotatable bonds is 2. The molecule has 2 heterocycles. The standard InChI is InChI=1S/C14H19N3O/c1-17-7-6-13-12(9-17)14(16-15-13)10-4-3-5-11(8-10)18-2/h3-5,8,12,14,16H,6-7,9H2,1-2H3. The van der Waals surface area contributed by atoms with Crippen LogP contribution in [0.5, 0.6) is 5.75 Å². The number of hydrogen-bond acceptors (Lipinski definition) is 4. The van der Waals surface area contributed by atoms with E-state index >= 15 is 0 Å². The van der Waals surface area contributed by atoms with Gasteiger partial charge < -0.3 is 15.1 Å². The first-order valence-corrected chi connectivity index (χ1v) is 6.42. The van der Waals surface area contributed by atoms with E-state index in [9.17, 15) is 0 Å². The molecule has 1 N–H and O–H groups in total. The zero-order valence-electron chi connectivity index (χ0n) is 10.9. The van der Waals surface area contributed by atoms with Gasteiger partial charge in [0.1, 0.15) is 5.75 Å². The molecule has 0 radical (unpaired) electrons. The molecule has 96 valence electrons. The van der Waals surface area contributed by atoms with Gasteiger partial charge in [-0.3, -0.25) is 0 Å². The molecular weight excluding hydrogens is 226 g/mol. The van der Waals surface area contributed by atoms with E-state index in [0.29, 0.717) is 5.92 Å². The Morgan fingerprint density at radius 2 is 2.33 bits per heavy atom. The van der Waals surface area contributed by atoms with E-state index in [2.05, 4.69) is 34.6 Å². The van der Waals surface area contributed by atoms with Crippen LogP contribution in [0.4, 0.5) is 0 Å². The first-order chi connectivity index (χ1) is 8.78. The molecule has 2 atom stereocenters. The summed E-state index contributed by atoms with van der Waals surface area (Å²) in [6.45, 7) is 2.19. The van der Waals surface area contributed by atoms with Gasteiger partial charge in [-0.1, -0.05) is 12.1 Å². The molecule has 4 heteroatoms. The first kappa shape index (κ1) is 11.5. The highest BCUT2D eigenvalue weighted by molar-refractivity contribution is 5.89. The van der Waals surface area contributed by atoms with Gasteiger partial charge >= 0.3 is 0 Å². The van der Waals surface area contributed by atoms with Gasteiger partial charge in [0.2, 0.25) is 0 Å².